The number of aromatic nitrogens is 1. The van der Waals surface area contributed by atoms with Crippen LogP contribution in [0.2, 0.25) is 0 Å². The molecule has 0 fully saturated rings. The number of anilines is 1. The third kappa shape index (κ3) is 3.77. The summed E-state index contributed by atoms with van der Waals surface area (Å²) in [6, 6.07) is 6.01. The molecule has 0 atom stereocenters. The Kier molecular flexibility index (Phi) is 4.54. The van der Waals surface area contributed by atoms with E-state index < -0.39 is 15.8 Å². The Morgan fingerprint density at radius 2 is 1.95 bits per heavy atom. The van der Waals surface area contributed by atoms with Crippen molar-refractivity contribution in [3.05, 3.63) is 53.6 Å². The SMILES string of the molecule is Cc1cc(S(=O)(=O)NCCc2ccncc2)cc(N)c1F. The van der Waals surface area contributed by atoms with Crippen LogP contribution in [0, 0.1) is 12.7 Å². The van der Waals surface area contributed by atoms with Gasteiger partial charge < -0.3 is 5.73 Å². The van der Waals surface area contributed by atoms with Crippen molar-refractivity contribution < 1.29 is 12.8 Å². The molecule has 0 amide bonds. The highest BCUT2D eigenvalue weighted by Crippen LogP contribution is 2.20. The summed E-state index contributed by atoms with van der Waals surface area (Å²) in [7, 11) is -3.70. The fourth-order valence-electron chi connectivity index (χ4n) is 1.88. The molecule has 3 N–H and O–H groups in total. The van der Waals surface area contributed by atoms with Gasteiger partial charge in [0.1, 0.15) is 5.82 Å². The van der Waals surface area contributed by atoms with E-state index in [1.807, 2.05) is 12.1 Å². The number of nitrogens with zero attached hydrogens (tertiary/aromatic N) is 1. The summed E-state index contributed by atoms with van der Waals surface area (Å²) in [5.74, 6) is -0.592. The van der Waals surface area contributed by atoms with Crippen molar-refractivity contribution in [2.75, 3.05) is 12.3 Å². The van der Waals surface area contributed by atoms with Crippen LogP contribution in [-0.4, -0.2) is 19.9 Å². The number of pyridine rings is 1. The molecule has 0 aliphatic carbocycles. The molecule has 0 saturated heterocycles. The van der Waals surface area contributed by atoms with E-state index in [0.29, 0.717) is 6.42 Å². The molecular formula is C14H16FN3O2S. The first-order chi connectivity index (χ1) is 9.90. The normalized spacial score (nSPS) is 11.5. The van der Waals surface area contributed by atoms with Gasteiger partial charge in [0.2, 0.25) is 10.0 Å². The Labute approximate surface area is 123 Å². The van der Waals surface area contributed by atoms with Gasteiger partial charge in [0.25, 0.3) is 0 Å². The number of hydrogen-bond acceptors (Lipinski definition) is 4. The van der Waals surface area contributed by atoms with E-state index in [1.165, 1.54) is 13.0 Å². The summed E-state index contributed by atoms with van der Waals surface area (Å²) >= 11 is 0. The number of hydrogen-bond donors (Lipinski definition) is 2. The zero-order chi connectivity index (χ0) is 15.5. The second kappa shape index (κ2) is 6.19. The molecule has 0 bridgehead atoms. The van der Waals surface area contributed by atoms with Gasteiger partial charge in [0.15, 0.2) is 0 Å². The lowest BCUT2D eigenvalue weighted by Crippen LogP contribution is -2.26. The van der Waals surface area contributed by atoms with Crippen LogP contribution in [0.3, 0.4) is 0 Å². The maximum absolute atomic E-state index is 13.4. The minimum atomic E-state index is -3.70. The summed E-state index contributed by atoms with van der Waals surface area (Å²) < 4.78 is 40.2. The van der Waals surface area contributed by atoms with E-state index in [0.717, 1.165) is 11.6 Å². The van der Waals surface area contributed by atoms with Crippen LogP contribution in [0.5, 0.6) is 0 Å². The Morgan fingerprint density at radius 1 is 1.29 bits per heavy atom. The molecule has 0 spiro atoms. The number of halogens is 1. The standard InChI is InChI=1S/C14H16FN3O2S/c1-10-8-12(9-13(16)14(10)15)21(19,20)18-7-4-11-2-5-17-6-3-11/h2-3,5-6,8-9,18H,4,7,16H2,1H3. The Morgan fingerprint density at radius 3 is 2.57 bits per heavy atom. The lowest BCUT2D eigenvalue weighted by atomic mass is 10.2. The largest absolute Gasteiger partial charge is 0.396 e. The Hall–Kier alpha value is -1.99. The van der Waals surface area contributed by atoms with Gasteiger partial charge in [-0.15, -0.1) is 0 Å². The fraction of sp³-hybridized carbons (Fsp3) is 0.214. The second-order valence-electron chi connectivity index (χ2n) is 4.65. The topological polar surface area (TPSA) is 85.1 Å². The molecule has 1 heterocycles. The van der Waals surface area contributed by atoms with Crippen LogP contribution in [0.25, 0.3) is 0 Å². The van der Waals surface area contributed by atoms with Crippen molar-refractivity contribution in [3.63, 3.8) is 0 Å². The van der Waals surface area contributed by atoms with E-state index in [2.05, 4.69) is 9.71 Å². The van der Waals surface area contributed by atoms with Gasteiger partial charge in [-0.1, -0.05) is 0 Å². The highest BCUT2D eigenvalue weighted by atomic mass is 32.2. The predicted octanol–water partition coefficient (Wildman–Crippen LogP) is 1.63. The van der Waals surface area contributed by atoms with Crippen molar-refractivity contribution in [2.45, 2.75) is 18.2 Å². The monoisotopic (exact) mass is 309 g/mol. The van der Waals surface area contributed by atoms with E-state index in [4.69, 9.17) is 5.73 Å². The molecule has 0 unspecified atom stereocenters. The van der Waals surface area contributed by atoms with Crippen molar-refractivity contribution in [2.24, 2.45) is 0 Å². The smallest absolute Gasteiger partial charge is 0.240 e. The maximum Gasteiger partial charge on any atom is 0.240 e. The van der Waals surface area contributed by atoms with Crippen molar-refractivity contribution in [1.29, 1.82) is 0 Å². The zero-order valence-electron chi connectivity index (χ0n) is 11.5. The van der Waals surface area contributed by atoms with Crippen LogP contribution >= 0.6 is 0 Å². The number of nitrogens with one attached hydrogen (secondary N) is 1. The first-order valence-corrected chi connectivity index (χ1v) is 7.82. The number of aryl methyl sites for hydroxylation is 1. The number of benzene rings is 1. The van der Waals surface area contributed by atoms with E-state index in [-0.39, 0.29) is 22.7 Å². The number of nitrogens with two attached hydrogens (primary N) is 1. The van der Waals surface area contributed by atoms with Crippen molar-refractivity contribution in [3.8, 4) is 0 Å². The van der Waals surface area contributed by atoms with Gasteiger partial charge >= 0.3 is 0 Å². The third-order valence-electron chi connectivity index (χ3n) is 3.02. The van der Waals surface area contributed by atoms with Gasteiger partial charge in [0, 0.05) is 18.9 Å². The molecular weight excluding hydrogens is 293 g/mol. The maximum atomic E-state index is 13.4. The summed E-state index contributed by atoms with van der Waals surface area (Å²) in [5, 5.41) is 0. The van der Waals surface area contributed by atoms with Gasteiger partial charge in [-0.3, -0.25) is 4.98 Å². The molecule has 1 aromatic carbocycles. The van der Waals surface area contributed by atoms with Crippen LogP contribution in [0.1, 0.15) is 11.1 Å². The van der Waals surface area contributed by atoms with E-state index in [9.17, 15) is 12.8 Å². The van der Waals surface area contributed by atoms with E-state index >= 15 is 0 Å². The first-order valence-electron chi connectivity index (χ1n) is 6.34. The van der Waals surface area contributed by atoms with Crippen molar-refractivity contribution >= 4 is 15.7 Å². The Bertz CT molecular complexity index is 710. The summed E-state index contributed by atoms with van der Waals surface area (Å²) in [6.07, 6.45) is 3.83. The summed E-state index contributed by atoms with van der Waals surface area (Å²) in [4.78, 5) is 3.86. The van der Waals surface area contributed by atoms with Gasteiger partial charge in [-0.2, -0.15) is 0 Å². The zero-order valence-corrected chi connectivity index (χ0v) is 12.3. The fourth-order valence-corrected chi connectivity index (χ4v) is 3.03. The summed E-state index contributed by atoms with van der Waals surface area (Å²) in [5.41, 5.74) is 6.46. The van der Waals surface area contributed by atoms with E-state index in [1.54, 1.807) is 12.4 Å². The number of rotatable bonds is 5. The Balaban J connectivity index is 2.09. The van der Waals surface area contributed by atoms with Crippen LogP contribution < -0.4 is 10.5 Å². The average molecular weight is 309 g/mol. The summed E-state index contributed by atoms with van der Waals surface area (Å²) in [6.45, 7) is 1.71. The quantitative estimate of drug-likeness (QED) is 0.822. The second-order valence-corrected chi connectivity index (χ2v) is 6.41. The number of sulfonamides is 1. The molecule has 2 rings (SSSR count). The van der Waals surface area contributed by atoms with Crippen LogP contribution in [-0.2, 0) is 16.4 Å². The van der Waals surface area contributed by atoms with Crippen LogP contribution in [0.15, 0.2) is 41.6 Å². The molecule has 0 radical (unpaired) electrons. The average Bonchev–Trinajstić information content (AvgIpc) is 2.45. The highest BCUT2D eigenvalue weighted by molar-refractivity contribution is 7.89. The first kappa shape index (κ1) is 15.4. The minimum Gasteiger partial charge on any atom is -0.396 e. The lowest BCUT2D eigenvalue weighted by Gasteiger charge is -2.09. The molecule has 2 aromatic rings. The molecule has 5 nitrogen and oxygen atoms in total. The molecule has 112 valence electrons. The van der Waals surface area contributed by atoms with Crippen molar-refractivity contribution in [1.82, 2.24) is 9.71 Å². The molecule has 7 heteroatoms. The molecule has 1 aromatic heterocycles. The van der Waals surface area contributed by atoms with Gasteiger partial charge in [-0.25, -0.2) is 17.5 Å². The van der Waals surface area contributed by atoms with Crippen LogP contribution in [0.4, 0.5) is 10.1 Å². The number of nitrogen functional groups attached to an aromatic ring is 1. The third-order valence-corrected chi connectivity index (χ3v) is 4.46. The van der Waals surface area contributed by atoms with Gasteiger partial charge in [-0.05, 0) is 48.7 Å². The molecule has 21 heavy (non-hydrogen) atoms. The lowest BCUT2D eigenvalue weighted by molar-refractivity contribution is 0.580. The van der Waals surface area contributed by atoms with Gasteiger partial charge in [0.05, 0.1) is 10.6 Å². The molecule has 0 aliphatic rings. The molecule has 0 aliphatic heterocycles. The molecule has 0 saturated carbocycles. The minimum absolute atomic E-state index is 0.0337. The highest BCUT2D eigenvalue weighted by Gasteiger charge is 2.16. The predicted molar refractivity (Wildman–Crippen MR) is 78.7 cm³/mol.